The van der Waals surface area contributed by atoms with Gasteiger partial charge in [0.25, 0.3) is 11.2 Å². The Bertz CT molecular complexity index is 1690. The zero-order valence-electron chi connectivity index (χ0n) is 22.3. The lowest BCUT2D eigenvalue weighted by Crippen LogP contribution is -3.12. The molecule has 3 heterocycles. The van der Waals surface area contributed by atoms with Crippen LogP contribution in [0.1, 0.15) is 31.0 Å². The van der Waals surface area contributed by atoms with Crippen LogP contribution in [0.2, 0.25) is 5.02 Å². The molecule has 1 atom stereocenters. The van der Waals surface area contributed by atoms with E-state index >= 15 is 0 Å². The number of ether oxygens (including phenoxy) is 1. The number of aromatic nitrogens is 1. The highest BCUT2D eigenvalue weighted by Gasteiger charge is 2.33. The van der Waals surface area contributed by atoms with Gasteiger partial charge in [0, 0.05) is 28.4 Å². The first kappa shape index (κ1) is 27.8. The molecule has 1 N–H and O–H groups in total. The summed E-state index contributed by atoms with van der Waals surface area (Å²) in [6, 6.07) is 10.9. The summed E-state index contributed by atoms with van der Waals surface area (Å²) in [7, 11) is 2.14. The number of nitrogens with zero attached hydrogens (tertiary/aromatic N) is 4. The van der Waals surface area contributed by atoms with Crippen LogP contribution in [0.3, 0.4) is 0 Å². The molecule has 0 bridgehead atoms. The molecule has 0 aliphatic carbocycles. The van der Waals surface area contributed by atoms with Crippen molar-refractivity contribution in [3.8, 4) is 0 Å². The molecule has 10 nitrogen and oxygen atoms in total. The fourth-order valence-electron chi connectivity index (χ4n) is 5.08. The third-order valence-electron chi connectivity index (χ3n) is 7.17. The zero-order valence-corrected chi connectivity index (χ0v) is 23.9. The summed E-state index contributed by atoms with van der Waals surface area (Å²) in [5.74, 6) is -0.545. The van der Waals surface area contributed by atoms with E-state index in [-0.39, 0.29) is 23.4 Å². The minimum Gasteiger partial charge on any atom is -0.463 e. The van der Waals surface area contributed by atoms with E-state index in [1.54, 1.807) is 50.3 Å². The molecule has 0 radical (unpaired) electrons. The van der Waals surface area contributed by atoms with Gasteiger partial charge in [-0.25, -0.2) is 9.79 Å². The average Bonchev–Trinajstić information content (AvgIpc) is 3.23. The Morgan fingerprint density at radius 2 is 1.95 bits per heavy atom. The van der Waals surface area contributed by atoms with Gasteiger partial charge in [0.1, 0.15) is 0 Å². The smallest absolute Gasteiger partial charge is 0.338 e. The Morgan fingerprint density at radius 3 is 2.60 bits per heavy atom. The number of nitrogens with one attached hydrogen (secondary N) is 1. The Morgan fingerprint density at radius 1 is 1.25 bits per heavy atom. The summed E-state index contributed by atoms with van der Waals surface area (Å²) >= 11 is 7.31. The lowest BCUT2D eigenvalue weighted by Gasteiger charge is -2.32. The second-order valence-electron chi connectivity index (χ2n) is 9.80. The molecular weight excluding hydrogens is 554 g/mol. The Hall–Kier alpha value is -3.80. The summed E-state index contributed by atoms with van der Waals surface area (Å²) in [6.45, 7) is 7.09. The van der Waals surface area contributed by atoms with Crippen molar-refractivity contribution >= 4 is 46.4 Å². The van der Waals surface area contributed by atoms with Crippen LogP contribution < -0.4 is 24.7 Å². The Kier molecular flexibility index (Phi) is 7.88. The van der Waals surface area contributed by atoms with Crippen molar-refractivity contribution in [3.63, 3.8) is 0 Å². The van der Waals surface area contributed by atoms with Gasteiger partial charge in [-0.2, -0.15) is 0 Å². The van der Waals surface area contributed by atoms with Crippen molar-refractivity contribution in [2.75, 3.05) is 44.7 Å². The van der Waals surface area contributed by atoms with E-state index < -0.39 is 16.9 Å². The number of allylic oxidation sites excluding steroid dienone is 1. The van der Waals surface area contributed by atoms with Crippen molar-refractivity contribution in [2.24, 2.45) is 4.99 Å². The van der Waals surface area contributed by atoms with Crippen LogP contribution in [-0.4, -0.2) is 55.3 Å². The number of rotatable bonds is 6. The van der Waals surface area contributed by atoms with Gasteiger partial charge in [-0.05, 0) is 43.7 Å². The molecule has 208 valence electrons. The normalized spacial score (nSPS) is 17.9. The van der Waals surface area contributed by atoms with Crippen molar-refractivity contribution in [2.45, 2.75) is 19.9 Å². The summed E-state index contributed by atoms with van der Waals surface area (Å²) in [5.41, 5.74) is 2.44. The van der Waals surface area contributed by atoms with E-state index in [9.17, 15) is 19.7 Å². The molecule has 12 heteroatoms. The van der Waals surface area contributed by atoms with Crippen LogP contribution in [0, 0.1) is 10.1 Å². The van der Waals surface area contributed by atoms with Gasteiger partial charge < -0.3 is 14.5 Å². The monoisotopic (exact) mass is 582 g/mol. The van der Waals surface area contributed by atoms with E-state index in [1.807, 2.05) is 0 Å². The number of nitro groups is 1. The quantitative estimate of drug-likeness (QED) is 0.269. The van der Waals surface area contributed by atoms with Crippen LogP contribution >= 0.6 is 22.9 Å². The molecule has 0 saturated carbocycles. The maximum atomic E-state index is 14.0. The second kappa shape index (κ2) is 11.4. The molecule has 1 aromatic heterocycles. The van der Waals surface area contributed by atoms with Gasteiger partial charge in [-0.3, -0.25) is 19.5 Å². The average molecular weight is 583 g/mol. The summed E-state index contributed by atoms with van der Waals surface area (Å²) < 4.78 is 7.19. The molecule has 0 spiro atoms. The summed E-state index contributed by atoms with van der Waals surface area (Å²) in [5, 5.41) is 12.1. The number of hydrogen-bond donors (Lipinski definition) is 1. The first-order valence-electron chi connectivity index (χ1n) is 13.0. The molecule has 0 unspecified atom stereocenters. The highest BCUT2D eigenvalue weighted by atomic mass is 35.5. The SMILES string of the molecule is CCOC(=O)C1=C(C)N=c2s/c(=C/c3cc([N+](=O)[O-])ccc3N3CC[NH+](C)CC3)c(=O)n2[C@H]1c1ccc(Cl)cc1. The standard InChI is InChI=1S/C28H28ClN5O5S/c1-4-39-27(36)24-17(2)30-28-33(25(24)18-5-7-20(29)8-6-18)26(35)23(40-28)16-19-15-21(34(37)38)9-10-22(19)32-13-11-31(3)12-14-32/h5-10,15-16,25H,4,11-14H2,1-3H3/p+1/b23-16+/t25-/m0/s1. The van der Waals surface area contributed by atoms with E-state index in [2.05, 4.69) is 16.9 Å². The van der Waals surface area contributed by atoms with E-state index in [1.165, 1.54) is 32.9 Å². The number of carbonyl (C=O) groups is 1. The highest BCUT2D eigenvalue weighted by molar-refractivity contribution is 7.07. The largest absolute Gasteiger partial charge is 0.463 e. The molecule has 1 saturated heterocycles. The van der Waals surface area contributed by atoms with Gasteiger partial charge in [-0.15, -0.1) is 0 Å². The number of halogens is 1. The molecule has 3 aromatic rings. The number of hydrogen-bond acceptors (Lipinski definition) is 8. The molecule has 5 rings (SSSR count). The Labute approximate surface area is 239 Å². The number of benzene rings is 2. The first-order valence-corrected chi connectivity index (χ1v) is 14.2. The van der Waals surface area contributed by atoms with Gasteiger partial charge in [0.05, 0.1) is 66.6 Å². The van der Waals surface area contributed by atoms with E-state index in [4.69, 9.17) is 16.3 Å². The molecular formula is C28H29ClN5O5S+. The minimum absolute atomic E-state index is 0.0537. The lowest BCUT2D eigenvalue weighted by molar-refractivity contribution is -0.880. The molecule has 40 heavy (non-hydrogen) atoms. The number of non-ortho nitro benzene ring substituents is 1. The van der Waals surface area contributed by atoms with Gasteiger partial charge in [-0.1, -0.05) is 35.1 Å². The predicted octanol–water partition coefficient (Wildman–Crippen LogP) is 1.69. The van der Waals surface area contributed by atoms with Gasteiger partial charge in [0.15, 0.2) is 4.80 Å². The molecule has 2 aliphatic heterocycles. The van der Waals surface area contributed by atoms with Crippen LogP contribution in [0.25, 0.3) is 6.08 Å². The van der Waals surface area contributed by atoms with Crippen molar-refractivity contribution < 1.29 is 19.4 Å². The van der Waals surface area contributed by atoms with Gasteiger partial charge in [0.2, 0.25) is 0 Å². The molecule has 0 amide bonds. The Balaban J connectivity index is 1.70. The number of anilines is 1. The third-order valence-corrected chi connectivity index (χ3v) is 8.40. The number of nitro benzene ring substituents is 1. The molecule has 1 fully saturated rings. The second-order valence-corrected chi connectivity index (χ2v) is 11.2. The number of carbonyl (C=O) groups excluding carboxylic acids is 1. The maximum Gasteiger partial charge on any atom is 0.338 e. The number of quaternary nitrogens is 1. The summed E-state index contributed by atoms with van der Waals surface area (Å²) in [4.78, 5) is 46.9. The van der Waals surface area contributed by atoms with E-state index in [0.29, 0.717) is 31.2 Å². The topological polar surface area (TPSA) is 111 Å². The fourth-order valence-corrected chi connectivity index (χ4v) is 6.25. The number of likely N-dealkylation sites (N-methyl/N-ethyl adjacent to an activating group) is 1. The van der Waals surface area contributed by atoms with Crippen molar-refractivity contribution in [1.29, 1.82) is 0 Å². The maximum absolute atomic E-state index is 14.0. The number of fused-ring (bicyclic) bond motifs is 1. The molecule has 2 aromatic carbocycles. The van der Waals surface area contributed by atoms with E-state index in [0.717, 1.165) is 31.9 Å². The van der Waals surface area contributed by atoms with Crippen LogP contribution in [0.5, 0.6) is 0 Å². The number of esters is 1. The predicted molar refractivity (Wildman–Crippen MR) is 154 cm³/mol. The first-order chi connectivity index (χ1) is 19.2. The highest BCUT2D eigenvalue weighted by Crippen LogP contribution is 2.31. The van der Waals surface area contributed by atoms with Crippen LogP contribution in [0.15, 0.2) is 63.5 Å². The number of thiazole rings is 1. The lowest BCUT2D eigenvalue weighted by atomic mass is 9.96. The van der Waals surface area contributed by atoms with Crippen LogP contribution in [-0.2, 0) is 9.53 Å². The fraction of sp³-hybridized carbons (Fsp3) is 0.321. The zero-order chi connectivity index (χ0) is 28.6. The third kappa shape index (κ3) is 5.32. The molecule has 2 aliphatic rings. The van der Waals surface area contributed by atoms with Crippen molar-refractivity contribution in [3.05, 3.63) is 99.7 Å². The van der Waals surface area contributed by atoms with Crippen molar-refractivity contribution in [1.82, 2.24) is 4.57 Å². The van der Waals surface area contributed by atoms with Gasteiger partial charge >= 0.3 is 5.97 Å². The van der Waals surface area contributed by atoms with Crippen LogP contribution in [0.4, 0.5) is 11.4 Å². The number of piperazine rings is 1. The minimum atomic E-state index is -0.764. The summed E-state index contributed by atoms with van der Waals surface area (Å²) in [6.07, 6.45) is 1.69.